The van der Waals surface area contributed by atoms with Gasteiger partial charge in [0, 0.05) is 33.8 Å². The second-order valence-corrected chi connectivity index (χ2v) is 14.0. The fraction of sp³-hybridized carbons (Fsp3) is 0.704. The molecule has 1 rings (SSSR count). The van der Waals surface area contributed by atoms with Crippen molar-refractivity contribution in [3.63, 3.8) is 0 Å². The van der Waals surface area contributed by atoms with Gasteiger partial charge in [-0.25, -0.2) is 0 Å². The Balaban J connectivity index is 0. The minimum atomic E-state index is -1.20. The molecule has 172 valence electrons. The van der Waals surface area contributed by atoms with Crippen LogP contribution in [0.3, 0.4) is 0 Å². The molecule has 0 spiro atoms. The van der Waals surface area contributed by atoms with Crippen molar-refractivity contribution < 1.29 is 21.7 Å². The van der Waals surface area contributed by atoms with Crippen LogP contribution in [-0.2, 0) is 21.7 Å². The van der Waals surface area contributed by atoms with Crippen molar-refractivity contribution in [1.82, 2.24) is 0 Å². The van der Waals surface area contributed by atoms with Gasteiger partial charge in [-0.3, -0.25) is 4.74 Å². The Hall–Kier alpha value is -0.0957. The van der Waals surface area contributed by atoms with Crippen LogP contribution in [0.2, 0.25) is 0 Å². The van der Waals surface area contributed by atoms with E-state index in [1.54, 1.807) is 0 Å². The van der Waals surface area contributed by atoms with E-state index in [1.165, 1.54) is 24.2 Å². The molecule has 0 radical (unpaired) electrons. The number of allylic oxidation sites excluding steroid dienone is 7. The molecule has 1 nitrogen and oxygen atoms in total. The van der Waals surface area contributed by atoms with Gasteiger partial charge < -0.3 is 0 Å². The molecule has 0 aromatic carbocycles. The van der Waals surface area contributed by atoms with Crippen LogP contribution >= 0.6 is 7.05 Å². The second kappa shape index (κ2) is 17.5. The van der Waals surface area contributed by atoms with Crippen LogP contribution in [0.4, 0.5) is 0 Å². The van der Waals surface area contributed by atoms with Crippen LogP contribution in [0.5, 0.6) is 0 Å². The molecule has 0 heterocycles. The molecule has 0 fully saturated rings. The van der Waals surface area contributed by atoms with Gasteiger partial charge in [-0.05, 0) is 61.2 Å². The minimum Gasteiger partial charge on any atom is -0.272 e. The van der Waals surface area contributed by atoms with E-state index in [9.17, 15) is 0 Å². The Morgan fingerprint density at radius 3 is 1.43 bits per heavy atom. The maximum atomic E-state index is 5.34. The van der Waals surface area contributed by atoms with E-state index in [4.69, 9.17) is 4.74 Å². The molecule has 3 heteroatoms. The normalized spacial score (nSPS) is 14.3. The van der Waals surface area contributed by atoms with E-state index >= 15 is 0 Å². The molecule has 30 heavy (non-hydrogen) atoms. The quantitative estimate of drug-likeness (QED) is 0.172. The van der Waals surface area contributed by atoms with E-state index in [0.29, 0.717) is 11.8 Å². The maximum absolute atomic E-state index is 5.34. The number of hydrogen-bond donors (Lipinski definition) is 0. The first-order chi connectivity index (χ1) is 13.5. The van der Waals surface area contributed by atoms with Crippen molar-refractivity contribution in [1.29, 1.82) is 0 Å². The van der Waals surface area contributed by atoms with Crippen LogP contribution in [0.15, 0.2) is 53.0 Å². The van der Waals surface area contributed by atoms with Crippen molar-refractivity contribution in [3.8, 4) is 0 Å². The number of nitrogens with zero attached hydrogens (tertiary/aromatic N) is 1. The minimum absolute atomic E-state index is 0. The molecule has 0 aromatic rings. The Kier molecular flexibility index (Phi) is 18.7. The van der Waals surface area contributed by atoms with E-state index in [1.807, 2.05) is 0 Å². The average Bonchev–Trinajstić information content (AvgIpc) is 3.02. The van der Waals surface area contributed by atoms with Crippen LogP contribution < -0.4 is 0 Å². The second-order valence-electron chi connectivity index (χ2n) is 10.5. The molecule has 0 atom stereocenters. The summed E-state index contributed by atoms with van der Waals surface area (Å²) in [7, 11) is -1.20. The SMILES string of the molecule is CC(C)C=CC=CC(C)C.CC(C)CP(CC(C)C)(CC(C)C)=NC1=CC=CC1.[Ti]. The Labute approximate surface area is 204 Å². The summed E-state index contributed by atoms with van der Waals surface area (Å²) < 4.78 is 5.34. The third-order valence-corrected chi connectivity index (χ3v) is 9.22. The van der Waals surface area contributed by atoms with Crippen molar-refractivity contribution in [2.45, 2.75) is 75.7 Å². The molecule has 1 aliphatic rings. The molecule has 0 aliphatic heterocycles. The summed E-state index contributed by atoms with van der Waals surface area (Å²) in [6.07, 6.45) is 20.2. The summed E-state index contributed by atoms with van der Waals surface area (Å²) in [4.78, 5) is 0. The molecule has 1 aliphatic carbocycles. The summed E-state index contributed by atoms with van der Waals surface area (Å²) in [6, 6.07) is 0. The zero-order chi connectivity index (χ0) is 22.4. The number of hydrogen-bond acceptors (Lipinski definition) is 1. The Bertz CT molecular complexity index is 555. The van der Waals surface area contributed by atoms with Gasteiger partial charge in [-0.15, -0.1) is 0 Å². The van der Waals surface area contributed by atoms with E-state index in [0.717, 1.165) is 24.2 Å². The Morgan fingerprint density at radius 2 is 1.17 bits per heavy atom. The molecular weight excluding hydrogens is 417 g/mol. The summed E-state index contributed by atoms with van der Waals surface area (Å²) >= 11 is 0. The summed E-state index contributed by atoms with van der Waals surface area (Å²) in [5, 5.41) is 0. The first-order valence-electron chi connectivity index (χ1n) is 11.8. The fourth-order valence-electron chi connectivity index (χ4n) is 3.74. The standard InChI is InChI=1S/C17H32NP.C10H18.Ti/c1-14(2)11-19(12-15(3)4,13-16(5)6)18-17-9-7-8-10-17;1-9(2)7-5-6-8-10(3)4;/h7-9,14-16H,10-13H2,1-6H3;5-10H,1-4H3;. The first-order valence-corrected chi connectivity index (χ1v) is 14.1. The van der Waals surface area contributed by atoms with Crippen LogP contribution in [-0.4, -0.2) is 18.5 Å². The van der Waals surface area contributed by atoms with Crippen molar-refractivity contribution in [2.24, 2.45) is 34.3 Å². The monoisotopic (exact) mass is 467 g/mol. The topological polar surface area (TPSA) is 12.4 Å². The van der Waals surface area contributed by atoms with Gasteiger partial charge in [-0.1, -0.05) is 106 Å². The predicted molar refractivity (Wildman–Crippen MR) is 138 cm³/mol. The zero-order valence-corrected chi connectivity index (χ0v) is 24.1. The van der Waals surface area contributed by atoms with Crippen LogP contribution in [0.1, 0.15) is 75.7 Å². The molecule has 0 unspecified atom stereocenters. The third-order valence-electron chi connectivity index (χ3n) is 4.31. The van der Waals surface area contributed by atoms with Gasteiger partial charge in [0.25, 0.3) is 0 Å². The van der Waals surface area contributed by atoms with Gasteiger partial charge in [0.1, 0.15) is 0 Å². The predicted octanol–water partition coefficient (Wildman–Crippen LogP) is 9.41. The summed E-state index contributed by atoms with van der Waals surface area (Å²) in [6.45, 7) is 22.8. The third kappa shape index (κ3) is 17.6. The molecule has 0 saturated heterocycles. The molecule has 0 amide bonds. The molecular formula is C27H50NPTi. The van der Waals surface area contributed by atoms with Gasteiger partial charge >= 0.3 is 0 Å². The van der Waals surface area contributed by atoms with Crippen molar-refractivity contribution in [2.75, 3.05) is 18.5 Å². The van der Waals surface area contributed by atoms with E-state index in [-0.39, 0.29) is 21.7 Å². The molecule has 0 bridgehead atoms. The van der Waals surface area contributed by atoms with Crippen LogP contribution in [0.25, 0.3) is 0 Å². The largest absolute Gasteiger partial charge is 0.272 e. The number of rotatable bonds is 10. The fourth-order valence-corrected chi connectivity index (χ4v) is 9.20. The van der Waals surface area contributed by atoms with E-state index < -0.39 is 7.05 Å². The average molecular weight is 468 g/mol. The van der Waals surface area contributed by atoms with E-state index in [2.05, 4.69) is 112 Å². The molecule has 0 aromatic heterocycles. The summed E-state index contributed by atoms with van der Waals surface area (Å²) in [5.41, 5.74) is 1.33. The van der Waals surface area contributed by atoms with Gasteiger partial charge in [-0.2, -0.15) is 0 Å². The van der Waals surface area contributed by atoms with Gasteiger partial charge in [0.05, 0.1) is 0 Å². The zero-order valence-electron chi connectivity index (χ0n) is 21.7. The Morgan fingerprint density at radius 1 is 0.767 bits per heavy atom. The summed E-state index contributed by atoms with van der Waals surface area (Å²) in [5.74, 6) is 3.59. The van der Waals surface area contributed by atoms with Crippen molar-refractivity contribution >= 4 is 7.05 Å². The molecule has 0 N–H and O–H groups in total. The molecule has 0 saturated carbocycles. The van der Waals surface area contributed by atoms with Gasteiger partial charge in [0.2, 0.25) is 0 Å². The smallest absolute Gasteiger partial charge is 0.0425 e. The van der Waals surface area contributed by atoms with Gasteiger partial charge in [0.15, 0.2) is 0 Å². The maximum Gasteiger partial charge on any atom is 0.0425 e. The first kappa shape index (κ1) is 32.1. The van der Waals surface area contributed by atoms with Crippen molar-refractivity contribution in [3.05, 3.63) is 48.2 Å². The van der Waals surface area contributed by atoms with Crippen LogP contribution in [0, 0.1) is 29.6 Å².